The van der Waals surface area contributed by atoms with Crippen molar-refractivity contribution in [3.05, 3.63) is 0 Å². The van der Waals surface area contributed by atoms with E-state index in [1.807, 2.05) is 0 Å². The van der Waals surface area contributed by atoms with Gasteiger partial charge in [-0.3, -0.25) is 5.73 Å². The first kappa shape index (κ1) is 4.38. The molecule has 0 amide bonds. The van der Waals surface area contributed by atoms with Crippen molar-refractivity contribution in [3.63, 3.8) is 0 Å². The second-order valence-corrected chi connectivity index (χ2v) is 0.531. The Morgan fingerprint density at radius 2 is 2.20 bits per heavy atom. The van der Waals surface area contributed by atoms with Crippen molar-refractivity contribution in [2.24, 2.45) is 5.73 Å². The molecule has 5 heavy (non-hydrogen) atoms. The molecule has 0 bridgehead atoms. The molecular formula is C2H3FN2. The summed E-state index contributed by atoms with van der Waals surface area (Å²) in [7, 11) is 0. The molecule has 0 unspecified atom stereocenters. The molecule has 2 N–H and O–H groups in total. The second kappa shape index (κ2) is 1.68. The molecule has 0 aromatic carbocycles. The number of nitriles is 1. The van der Waals surface area contributed by atoms with E-state index in [1.54, 1.807) is 0 Å². The SMILES string of the molecule is N#C[C@@H](N)F. The van der Waals surface area contributed by atoms with Gasteiger partial charge in [0, 0.05) is 0 Å². The van der Waals surface area contributed by atoms with Gasteiger partial charge in [-0.05, 0) is 0 Å². The number of hydrogen-bond donors (Lipinski definition) is 1. The lowest BCUT2D eigenvalue weighted by Gasteiger charge is -1.73. The Bertz CT molecular complexity index is 53.2. The Hall–Kier alpha value is -0.620. The van der Waals surface area contributed by atoms with E-state index in [2.05, 4.69) is 5.73 Å². The maximum atomic E-state index is 10.8. The highest BCUT2D eigenvalue weighted by Gasteiger charge is 1.84. The van der Waals surface area contributed by atoms with Crippen LogP contribution in [0.15, 0.2) is 0 Å². The molecule has 28 valence electrons. The Kier molecular flexibility index (Phi) is 1.47. The summed E-state index contributed by atoms with van der Waals surface area (Å²) in [6.07, 6.45) is -1.81. The smallest absolute Gasteiger partial charge is 0.235 e. The first-order valence-corrected chi connectivity index (χ1v) is 1.06. The van der Waals surface area contributed by atoms with Gasteiger partial charge < -0.3 is 0 Å². The van der Waals surface area contributed by atoms with E-state index in [0.29, 0.717) is 0 Å². The van der Waals surface area contributed by atoms with Gasteiger partial charge in [-0.15, -0.1) is 0 Å². The van der Waals surface area contributed by atoms with E-state index >= 15 is 0 Å². The molecule has 0 spiro atoms. The highest BCUT2D eigenvalue weighted by Crippen LogP contribution is 1.66. The highest BCUT2D eigenvalue weighted by molar-refractivity contribution is 4.75. The van der Waals surface area contributed by atoms with Gasteiger partial charge in [0.15, 0.2) is 0 Å². The average Bonchev–Trinajstić information content (AvgIpc) is 1.38. The van der Waals surface area contributed by atoms with Crippen molar-refractivity contribution < 1.29 is 4.39 Å². The lowest BCUT2D eigenvalue weighted by atomic mass is 10.7. The fourth-order valence-corrected chi connectivity index (χ4v) is 0. The van der Waals surface area contributed by atoms with Crippen LogP contribution in [0.25, 0.3) is 0 Å². The first-order chi connectivity index (χ1) is 2.27. The third-order valence-corrected chi connectivity index (χ3v) is 0.123. The van der Waals surface area contributed by atoms with Crippen molar-refractivity contribution in [3.8, 4) is 6.07 Å². The zero-order chi connectivity index (χ0) is 4.28. The summed E-state index contributed by atoms with van der Waals surface area (Å²) in [6.45, 7) is 0. The van der Waals surface area contributed by atoms with Crippen LogP contribution in [-0.4, -0.2) is 6.30 Å². The number of alkyl halides is 1. The maximum Gasteiger partial charge on any atom is 0.235 e. The Morgan fingerprint density at radius 1 is 2.00 bits per heavy atom. The third-order valence-electron chi connectivity index (χ3n) is 0.123. The minimum Gasteiger partial charge on any atom is -0.290 e. The van der Waals surface area contributed by atoms with Crippen LogP contribution < -0.4 is 5.73 Å². The van der Waals surface area contributed by atoms with E-state index in [1.165, 1.54) is 0 Å². The molecule has 0 fully saturated rings. The van der Waals surface area contributed by atoms with Crippen LogP contribution in [0.2, 0.25) is 0 Å². The molecule has 1 atom stereocenters. The maximum absolute atomic E-state index is 10.8. The Labute approximate surface area is 29.0 Å². The van der Waals surface area contributed by atoms with E-state index in [-0.39, 0.29) is 0 Å². The van der Waals surface area contributed by atoms with Crippen molar-refractivity contribution in [1.82, 2.24) is 0 Å². The number of hydrogen-bond acceptors (Lipinski definition) is 2. The van der Waals surface area contributed by atoms with E-state index in [4.69, 9.17) is 5.26 Å². The highest BCUT2D eigenvalue weighted by atomic mass is 19.1. The van der Waals surface area contributed by atoms with Crippen molar-refractivity contribution >= 4 is 0 Å². The van der Waals surface area contributed by atoms with Gasteiger partial charge >= 0.3 is 0 Å². The molecule has 0 heterocycles. The van der Waals surface area contributed by atoms with Gasteiger partial charge in [0.1, 0.15) is 6.07 Å². The molecule has 0 aromatic rings. The predicted molar refractivity (Wildman–Crippen MR) is 14.7 cm³/mol. The zero-order valence-electron chi connectivity index (χ0n) is 2.48. The number of halogens is 1. The zero-order valence-corrected chi connectivity index (χ0v) is 2.48. The summed E-state index contributed by atoms with van der Waals surface area (Å²) in [5.74, 6) is 0. The summed E-state index contributed by atoms with van der Waals surface area (Å²) >= 11 is 0. The molecule has 2 nitrogen and oxygen atoms in total. The van der Waals surface area contributed by atoms with E-state index < -0.39 is 6.30 Å². The molecule has 0 aliphatic rings. The average molecular weight is 74.1 g/mol. The van der Waals surface area contributed by atoms with Crippen LogP contribution in [0.1, 0.15) is 0 Å². The standard InChI is InChI=1S/C2H3FN2/c3-2(5)1-4/h2H,5H2/t2-/m1/s1. The number of nitrogens with zero attached hydrogens (tertiary/aromatic N) is 1. The molecule has 3 heteroatoms. The molecule has 0 radical (unpaired) electrons. The predicted octanol–water partition coefficient (Wildman–Crippen LogP) is -0.236. The normalized spacial score (nSPS) is 13.0. The molecule has 0 aromatic heterocycles. The van der Waals surface area contributed by atoms with E-state index in [0.717, 1.165) is 6.07 Å². The molecule has 0 saturated carbocycles. The second-order valence-electron chi connectivity index (χ2n) is 0.531. The number of rotatable bonds is 0. The van der Waals surface area contributed by atoms with Crippen LogP contribution in [-0.2, 0) is 0 Å². The van der Waals surface area contributed by atoms with Crippen molar-refractivity contribution in [2.45, 2.75) is 6.30 Å². The summed E-state index contributed by atoms with van der Waals surface area (Å²) in [5, 5.41) is 7.39. The van der Waals surface area contributed by atoms with E-state index in [9.17, 15) is 4.39 Å². The van der Waals surface area contributed by atoms with Crippen LogP contribution in [0.3, 0.4) is 0 Å². The monoisotopic (exact) mass is 74.0 g/mol. The Balaban J connectivity index is 2.94. The van der Waals surface area contributed by atoms with Gasteiger partial charge in [0.05, 0.1) is 0 Å². The summed E-state index contributed by atoms with van der Waals surface area (Å²) in [5.41, 5.74) is 4.26. The minimum atomic E-state index is -1.81. The summed E-state index contributed by atoms with van der Waals surface area (Å²) in [4.78, 5) is 0. The van der Waals surface area contributed by atoms with Crippen LogP contribution >= 0.6 is 0 Å². The fourth-order valence-electron chi connectivity index (χ4n) is 0. The quantitative estimate of drug-likeness (QED) is 0.403. The first-order valence-electron chi connectivity index (χ1n) is 1.06. The van der Waals surface area contributed by atoms with Gasteiger partial charge in [-0.1, -0.05) is 0 Å². The van der Waals surface area contributed by atoms with Crippen LogP contribution in [0, 0.1) is 11.3 Å². The van der Waals surface area contributed by atoms with Crippen molar-refractivity contribution in [1.29, 1.82) is 5.26 Å². The minimum absolute atomic E-state index is 1.14. The lowest BCUT2D eigenvalue weighted by Crippen LogP contribution is -2.07. The molecule has 0 saturated heterocycles. The van der Waals surface area contributed by atoms with Crippen LogP contribution in [0.5, 0.6) is 0 Å². The fraction of sp³-hybridized carbons (Fsp3) is 0.500. The number of nitrogens with two attached hydrogens (primary N) is 1. The Morgan fingerprint density at radius 3 is 2.20 bits per heavy atom. The van der Waals surface area contributed by atoms with Gasteiger partial charge in [-0.25, -0.2) is 4.39 Å². The van der Waals surface area contributed by atoms with Crippen LogP contribution in [0.4, 0.5) is 4.39 Å². The largest absolute Gasteiger partial charge is 0.290 e. The molecule has 0 aliphatic carbocycles. The lowest BCUT2D eigenvalue weighted by molar-refractivity contribution is 0.422. The van der Waals surface area contributed by atoms with Gasteiger partial charge in [0.25, 0.3) is 0 Å². The topological polar surface area (TPSA) is 49.8 Å². The van der Waals surface area contributed by atoms with Gasteiger partial charge in [-0.2, -0.15) is 5.26 Å². The third kappa shape index (κ3) is 3.38. The molecular weight excluding hydrogens is 71.0 g/mol. The summed E-state index contributed by atoms with van der Waals surface area (Å²) < 4.78 is 10.8. The van der Waals surface area contributed by atoms with Gasteiger partial charge in [0.2, 0.25) is 6.30 Å². The van der Waals surface area contributed by atoms with Crippen molar-refractivity contribution in [2.75, 3.05) is 0 Å². The summed E-state index contributed by atoms with van der Waals surface area (Å²) in [6, 6.07) is 1.14. The molecule has 0 aliphatic heterocycles. The molecule has 0 rings (SSSR count).